The highest BCUT2D eigenvalue weighted by molar-refractivity contribution is 7.91. The first-order valence-electron chi connectivity index (χ1n) is 10.8. The van der Waals surface area contributed by atoms with Crippen molar-refractivity contribution < 1.29 is 22.3 Å². The topological polar surface area (TPSA) is 75.7 Å². The Balaban J connectivity index is 1.51. The van der Waals surface area contributed by atoms with E-state index in [0.717, 1.165) is 54.1 Å². The molecule has 0 spiro atoms. The summed E-state index contributed by atoms with van der Waals surface area (Å²) in [5.41, 5.74) is 0.937. The van der Waals surface area contributed by atoms with Crippen molar-refractivity contribution in [3.8, 4) is 5.75 Å². The molecule has 1 aliphatic heterocycles. The number of carbonyl (C=O) groups excluding carboxylic acids is 1. The molecule has 2 aromatic rings. The number of nitrogens with zero attached hydrogens (tertiary/aromatic N) is 1. The third kappa shape index (κ3) is 4.86. The molecule has 6 nitrogen and oxygen atoms in total. The Labute approximate surface area is 192 Å². The van der Waals surface area contributed by atoms with Crippen molar-refractivity contribution in [2.45, 2.75) is 39.0 Å². The van der Waals surface area contributed by atoms with Crippen molar-refractivity contribution in [1.29, 1.82) is 0 Å². The number of anilines is 1. The highest BCUT2D eigenvalue weighted by atomic mass is 35.5. The van der Waals surface area contributed by atoms with Gasteiger partial charge in [-0.15, -0.1) is 0 Å². The summed E-state index contributed by atoms with van der Waals surface area (Å²) in [4.78, 5) is 12.7. The molecule has 172 valence electrons. The molecule has 0 aromatic heterocycles. The average molecular weight is 481 g/mol. The van der Waals surface area contributed by atoms with Gasteiger partial charge in [-0.2, -0.15) is 8.42 Å². The van der Waals surface area contributed by atoms with E-state index < -0.39 is 27.5 Å². The minimum atomic E-state index is -4.25. The summed E-state index contributed by atoms with van der Waals surface area (Å²) in [6.07, 6.45) is 5.18. The van der Waals surface area contributed by atoms with E-state index in [1.54, 1.807) is 12.1 Å². The van der Waals surface area contributed by atoms with Gasteiger partial charge in [0, 0.05) is 12.6 Å². The number of rotatable bonds is 6. The third-order valence-corrected chi connectivity index (χ3v) is 7.70. The molecule has 0 unspecified atom stereocenters. The number of benzene rings is 2. The van der Waals surface area contributed by atoms with Gasteiger partial charge in [-0.3, -0.25) is 9.10 Å². The van der Waals surface area contributed by atoms with Gasteiger partial charge in [0.25, 0.3) is 5.91 Å². The van der Waals surface area contributed by atoms with Crippen molar-refractivity contribution in [3.63, 3.8) is 0 Å². The second kappa shape index (κ2) is 9.27. The normalized spacial score (nSPS) is 19.0. The number of carbonyl (C=O) groups is 1. The quantitative estimate of drug-likeness (QED) is 0.649. The SMILES string of the molecule is C[C@H]1Cc2ccccc2N(S(=O)(=O)NC(=O)c2cc(Cl)c(OCC3CCCC3)cc2F)C1. The lowest BCUT2D eigenvalue weighted by molar-refractivity contribution is 0.0977. The van der Waals surface area contributed by atoms with E-state index in [4.69, 9.17) is 16.3 Å². The van der Waals surface area contributed by atoms with E-state index in [1.807, 2.05) is 23.8 Å². The molecular weight excluding hydrogens is 455 g/mol. The fraction of sp³-hybridized carbons (Fsp3) is 0.435. The first kappa shape index (κ1) is 22.9. The van der Waals surface area contributed by atoms with Crippen LogP contribution in [0.15, 0.2) is 36.4 Å². The predicted molar refractivity (Wildman–Crippen MR) is 122 cm³/mol. The number of fused-ring (bicyclic) bond motifs is 1. The van der Waals surface area contributed by atoms with Crippen LogP contribution in [0.2, 0.25) is 5.02 Å². The maximum Gasteiger partial charge on any atom is 0.326 e. The molecule has 1 atom stereocenters. The molecule has 32 heavy (non-hydrogen) atoms. The summed E-state index contributed by atoms with van der Waals surface area (Å²) in [7, 11) is -4.25. The summed E-state index contributed by atoms with van der Waals surface area (Å²) < 4.78 is 49.5. The Kier molecular flexibility index (Phi) is 6.62. The van der Waals surface area contributed by atoms with Crippen LogP contribution in [0.4, 0.5) is 10.1 Å². The zero-order valence-corrected chi connectivity index (χ0v) is 19.4. The molecule has 2 aliphatic rings. The van der Waals surface area contributed by atoms with Crippen LogP contribution in [-0.2, 0) is 16.6 Å². The molecule has 0 radical (unpaired) electrons. The van der Waals surface area contributed by atoms with E-state index in [2.05, 4.69) is 0 Å². The molecular formula is C23H26ClFN2O4S. The van der Waals surface area contributed by atoms with Crippen molar-refractivity contribution in [3.05, 3.63) is 58.4 Å². The molecule has 1 fully saturated rings. The molecule has 1 aliphatic carbocycles. The Hall–Kier alpha value is -2.32. The molecule has 2 aromatic carbocycles. The highest BCUT2D eigenvalue weighted by Crippen LogP contribution is 2.33. The molecule has 1 N–H and O–H groups in total. The first-order chi connectivity index (χ1) is 15.2. The van der Waals surface area contributed by atoms with Crippen molar-refractivity contribution >= 4 is 33.4 Å². The van der Waals surface area contributed by atoms with Crippen LogP contribution in [-0.4, -0.2) is 27.5 Å². The van der Waals surface area contributed by atoms with E-state index in [-0.39, 0.29) is 23.2 Å². The number of amides is 1. The monoisotopic (exact) mass is 480 g/mol. The van der Waals surface area contributed by atoms with Gasteiger partial charge >= 0.3 is 10.2 Å². The summed E-state index contributed by atoms with van der Waals surface area (Å²) in [5.74, 6) is -1.34. The summed E-state index contributed by atoms with van der Waals surface area (Å²) in [6.45, 7) is 2.59. The van der Waals surface area contributed by atoms with Crippen LogP contribution in [0.5, 0.6) is 5.75 Å². The number of hydrogen-bond donors (Lipinski definition) is 1. The largest absolute Gasteiger partial charge is 0.492 e. The Morgan fingerprint density at radius 2 is 1.97 bits per heavy atom. The number of halogens is 2. The molecule has 4 rings (SSSR count). The summed E-state index contributed by atoms with van der Waals surface area (Å²) >= 11 is 6.21. The van der Waals surface area contributed by atoms with E-state index in [1.165, 1.54) is 0 Å². The maximum atomic E-state index is 14.7. The molecule has 0 bridgehead atoms. The summed E-state index contributed by atoms with van der Waals surface area (Å²) in [5, 5.41) is 0.0592. The van der Waals surface area contributed by atoms with Crippen LogP contribution in [0.25, 0.3) is 0 Å². The van der Waals surface area contributed by atoms with E-state index in [0.29, 0.717) is 18.2 Å². The average Bonchev–Trinajstić information content (AvgIpc) is 3.26. The first-order valence-corrected chi connectivity index (χ1v) is 12.6. The van der Waals surface area contributed by atoms with Crippen LogP contribution < -0.4 is 13.8 Å². The van der Waals surface area contributed by atoms with Crippen LogP contribution in [0.1, 0.15) is 48.5 Å². The minimum absolute atomic E-state index is 0.0592. The molecule has 1 saturated carbocycles. The van der Waals surface area contributed by atoms with Gasteiger partial charge in [0.2, 0.25) is 0 Å². The van der Waals surface area contributed by atoms with Crippen LogP contribution >= 0.6 is 11.6 Å². The fourth-order valence-electron chi connectivity index (χ4n) is 4.40. The fourth-order valence-corrected chi connectivity index (χ4v) is 5.96. The number of hydrogen-bond acceptors (Lipinski definition) is 4. The van der Waals surface area contributed by atoms with Gasteiger partial charge in [-0.1, -0.05) is 49.6 Å². The van der Waals surface area contributed by atoms with Gasteiger partial charge in [-0.25, -0.2) is 9.11 Å². The number of nitrogens with one attached hydrogen (secondary N) is 1. The van der Waals surface area contributed by atoms with Gasteiger partial charge in [0.1, 0.15) is 11.6 Å². The zero-order valence-electron chi connectivity index (χ0n) is 17.8. The summed E-state index contributed by atoms with van der Waals surface area (Å²) in [6, 6.07) is 9.28. The molecule has 1 amide bonds. The van der Waals surface area contributed by atoms with Gasteiger partial charge < -0.3 is 4.74 Å². The Morgan fingerprint density at radius 1 is 1.25 bits per heavy atom. The lowest BCUT2D eigenvalue weighted by Crippen LogP contribution is -2.47. The maximum absolute atomic E-state index is 14.7. The minimum Gasteiger partial charge on any atom is -0.492 e. The van der Waals surface area contributed by atoms with Crippen molar-refractivity contribution in [1.82, 2.24) is 4.72 Å². The van der Waals surface area contributed by atoms with Gasteiger partial charge in [0.05, 0.1) is 22.9 Å². The third-order valence-electron chi connectivity index (χ3n) is 6.03. The molecule has 0 saturated heterocycles. The highest BCUT2D eigenvalue weighted by Gasteiger charge is 2.32. The molecule has 1 heterocycles. The number of para-hydroxylation sites is 1. The van der Waals surface area contributed by atoms with Gasteiger partial charge in [-0.05, 0) is 48.8 Å². The second-order valence-electron chi connectivity index (χ2n) is 8.63. The Morgan fingerprint density at radius 3 is 2.72 bits per heavy atom. The standard InChI is InChI=1S/C23H26ClFN2O4S/c1-15-10-17-8-4-5-9-21(17)27(13-15)32(29,30)26-23(28)18-11-19(24)22(12-20(18)25)31-14-16-6-2-3-7-16/h4-5,8-9,11-12,15-16H,2-3,6-7,10,13-14H2,1H3,(H,26,28)/t15-/m0/s1. The Bertz CT molecular complexity index is 1120. The second-order valence-corrected chi connectivity index (χ2v) is 10.6. The lowest BCUT2D eigenvalue weighted by atomic mass is 9.96. The smallest absolute Gasteiger partial charge is 0.326 e. The van der Waals surface area contributed by atoms with Crippen molar-refractivity contribution in [2.75, 3.05) is 17.5 Å². The lowest BCUT2D eigenvalue weighted by Gasteiger charge is -2.33. The molecule has 9 heteroatoms. The van der Waals surface area contributed by atoms with E-state index >= 15 is 0 Å². The van der Waals surface area contributed by atoms with Crippen LogP contribution in [0, 0.1) is 17.7 Å². The van der Waals surface area contributed by atoms with Gasteiger partial charge in [0.15, 0.2) is 0 Å². The van der Waals surface area contributed by atoms with E-state index in [9.17, 15) is 17.6 Å². The van der Waals surface area contributed by atoms with Crippen molar-refractivity contribution in [2.24, 2.45) is 11.8 Å². The predicted octanol–water partition coefficient (Wildman–Crippen LogP) is 4.72. The van der Waals surface area contributed by atoms with Crippen LogP contribution in [0.3, 0.4) is 0 Å². The zero-order chi connectivity index (χ0) is 22.9. The number of ether oxygens (including phenoxy) is 1.